The molecule has 1 atom stereocenters. The van der Waals surface area contributed by atoms with Crippen molar-refractivity contribution in [1.82, 2.24) is 20.0 Å². The lowest BCUT2D eigenvalue weighted by atomic mass is 10.1. The molecule has 2 heterocycles. The predicted molar refractivity (Wildman–Crippen MR) is 94.5 cm³/mol. The molecule has 0 radical (unpaired) electrons. The van der Waals surface area contributed by atoms with Crippen LogP contribution in [-0.4, -0.2) is 40.2 Å². The minimum atomic E-state index is -0.234. The molecule has 134 valence electrons. The highest BCUT2D eigenvalue weighted by atomic mass is 19.1. The molecule has 1 aromatic carbocycles. The second-order valence-corrected chi connectivity index (χ2v) is 6.65. The zero-order chi connectivity index (χ0) is 17.6. The Kier molecular flexibility index (Phi) is 5.81. The molecule has 6 heteroatoms. The molecule has 0 aliphatic carbocycles. The van der Waals surface area contributed by atoms with E-state index in [9.17, 15) is 9.18 Å². The van der Waals surface area contributed by atoms with Gasteiger partial charge in [-0.25, -0.2) is 4.39 Å². The zero-order valence-corrected chi connectivity index (χ0v) is 14.6. The molecule has 25 heavy (non-hydrogen) atoms. The number of aromatic nitrogens is 2. The van der Waals surface area contributed by atoms with E-state index in [1.54, 1.807) is 10.9 Å². The van der Waals surface area contributed by atoms with E-state index < -0.39 is 0 Å². The highest BCUT2D eigenvalue weighted by Gasteiger charge is 2.23. The Morgan fingerprint density at radius 2 is 2.00 bits per heavy atom. The van der Waals surface area contributed by atoms with Gasteiger partial charge in [0.1, 0.15) is 5.82 Å². The molecule has 1 amide bonds. The van der Waals surface area contributed by atoms with E-state index in [-0.39, 0.29) is 17.8 Å². The number of nitrogens with one attached hydrogen (secondary N) is 1. The standard InChI is InChI=1S/C19H25FN4O/c1-15-12-22-24(14-15)11-8-19(25)21-13-18(23-9-2-3-10-23)16-4-6-17(20)7-5-16/h4-7,12,14,18H,2-3,8-11,13H2,1H3,(H,21,25)/t18-/m0/s1. The molecule has 1 aliphatic rings. The third-order valence-corrected chi connectivity index (χ3v) is 4.66. The van der Waals surface area contributed by atoms with Crippen molar-refractivity contribution in [2.45, 2.75) is 38.8 Å². The van der Waals surface area contributed by atoms with Crippen LogP contribution in [0.3, 0.4) is 0 Å². The van der Waals surface area contributed by atoms with E-state index in [1.165, 1.54) is 25.0 Å². The Morgan fingerprint density at radius 3 is 2.64 bits per heavy atom. The molecule has 2 aromatic rings. The minimum Gasteiger partial charge on any atom is -0.354 e. The first-order valence-corrected chi connectivity index (χ1v) is 8.87. The fraction of sp³-hybridized carbons (Fsp3) is 0.474. The third-order valence-electron chi connectivity index (χ3n) is 4.66. The van der Waals surface area contributed by atoms with Crippen LogP contribution in [0.1, 0.15) is 36.4 Å². The number of benzene rings is 1. The van der Waals surface area contributed by atoms with Gasteiger partial charge in [0.25, 0.3) is 0 Å². The van der Waals surface area contributed by atoms with E-state index >= 15 is 0 Å². The number of amides is 1. The fourth-order valence-corrected chi connectivity index (χ4v) is 3.30. The number of hydrogen-bond acceptors (Lipinski definition) is 3. The maximum absolute atomic E-state index is 13.2. The second-order valence-electron chi connectivity index (χ2n) is 6.65. The quantitative estimate of drug-likeness (QED) is 0.840. The van der Waals surface area contributed by atoms with Crippen LogP contribution in [0.4, 0.5) is 4.39 Å². The number of aryl methyl sites for hydroxylation is 2. The first-order chi connectivity index (χ1) is 12.1. The number of carbonyl (C=O) groups excluding carboxylic acids is 1. The first-order valence-electron chi connectivity index (χ1n) is 8.87. The molecule has 5 nitrogen and oxygen atoms in total. The van der Waals surface area contributed by atoms with Crippen molar-refractivity contribution < 1.29 is 9.18 Å². The van der Waals surface area contributed by atoms with Crippen LogP contribution in [0.25, 0.3) is 0 Å². The van der Waals surface area contributed by atoms with Crippen molar-refractivity contribution in [1.29, 1.82) is 0 Å². The van der Waals surface area contributed by atoms with Gasteiger partial charge in [0.15, 0.2) is 0 Å². The maximum Gasteiger partial charge on any atom is 0.221 e. The summed E-state index contributed by atoms with van der Waals surface area (Å²) >= 11 is 0. The Morgan fingerprint density at radius 1 is 1.28 bits per heavy atom. The van der Waals surface area contributed by atoms with Crippen LogP contribution in [0.5, 0.6) is 0 Å². The third kappa shape index (κ3) is 4.89. The number of hydrogen-bond donors (Lipinski definition) is 1. The Balaban J connectivity index is 1.56. The summed E-state index contributed by atoms with van der Waals surface area (Å²) in [6.45, 7) is 5.13. The summed E-state index contributed by atoms with van der Waals surface area (Å²) in [7, 11) is 0. The van der Waals surface area contributed by atoms with Crippen LogP contribution in [-0.2, 0) is 11.3 Å². The van der Waals surface area contributed by atoms with Crippen molar-refractivity contribution in [3.8, 4) is 0 Å². The Hall–Kier alpha value is -2.21. The van der Waals surface area contributed by atoms with Crippen LogP contribution in [0.15, 0.2) is 36.7 Å². The average molecular weight is 344 g/mol. The molecule has 0 saturated carbocycles. The lowest BCUT2D eigenvalue weighted by Gasteiger charge is -2.28. The summed E-state index contributed by atoms with van der Waals surface area (Å²) in [6, 6.07) is 6.70. The number of nitrogens with zero attached hydrogens (tertiary/aromatic N) is 3. The van der Waals surface area contributed by atoms with Crippen molar-refractivity contribution in [2.24, 2.45) is 0 Å². The minimum absolute atomic E-state index is 0.0134. The van der Waals surface area contributed by atoms with Crippen molar-refractivity contribution in [3.05, 3.63) is 53.6 Å². The summed E-state index contributed by atoms with van der Waals surface area (Å²) < 4.78 is 15.0. The van der Waals surface area contributed by atoms with E-state index in [0.717, 1.165) is 24.2 Å². The Bertz CT molecular complexity index is 692. The van der Waals surface area contributed by atoms with Crippen molar-refractivity contribution >= 4 is 5.91 Å². The monoisotopic (exact) mass is 344 g/mol. The molecular weight excluding hydrogens is 319 g/mol. The average Bonchev–Trinajstić information content (AvgIpc) is 3.27. The van der Waals surface area contributed by atoms with Gasteiger partial charge < -0.3 is 5.32 Å². The molecule has 1 aromatic heterocycles. The molecule has 1 saturated heterocycles. The van der Waals surface area contributed by atoms with E-state index in [2.05, 4.69) is 15.3 Å². The molecular formula is C19H25FN4O. The van der Waals surface area contributed by atoms with Gasteiger partial charge in [-0.3, -0.25) is 14.4 Å². The number of halogens is 1. The van der Waals surface area contributed by atoms with Gasteiger partial charge in [-0.1, -0.05) is 12.1 Å². The second kappa shape index (κ2) is 8.25. The molecule has 1 fully saturated rings. The van der Waals surface area contributed by atoms with Gasteiger partial charge in [-0.05, 0) is 56.1 Å². The lowest BCUT2D eigenvalue weighted by Crippen LogP contribution is -2.37. The summed E-state index contributed by atoms with van der Waals surface area (Å²) in [5.41, 5.74) is 2.14. The fourth-order valence-electron chi connectivity index (χ4n) is 3.30. The molecule has 3 rings (SSSR count). The van der Waals surface area contributed by atoms with Gasteiger partial charge in [-0.2, -0.15) is 5.10 Å². The van der Waals surface area contributed by atoms with E-state index in [0.29, 0.717) is 19.5 Å². The SMILES string of the molecule is Cc1cnn(CCC(=O)NC[C@@H](c2ccc(F)cc2)N2CCCC2)c1. The number of rotatable bonds is 7. The van der Waals surface area contributed by atoms with Gasteiger partial charge in [0.2, 0.25) is 5.91 Å². The van der Waals surface area contributed by atoms with Crippen LogP contribution in [0, 0.1) is 12.7 Å². The van der Waals surface area contributed by atoms with Gasteiger partial charge in [-0.15, -0.1) is 0 Å². The van der Waals surface area contributed by atoms with Crippen molar-refractivity contribution in [3.63, 3.8) is 0 Å². The normalized spacial score (nSPS) is 16.1. The highest BCUT2D eigenvalue weighted by Crippen LogP contribution is 2.24. The molecule has 1 aliphatic heterocycles. The lowest BCUT2D eigenvalue weighted by molar-refractivity contribution is -0.121. The topological polar surface area (TPSA) is 50.2 Å². The van der Waals surface area contributed by atoms with Crippen molar-refractivity contribution in [2.75, 3.05) is 19.6 Å². The summed E-state index contributed by atoms with van der Waals surface area (Å²) in [5.74, 6) is -0.220. The number of carbonyl (C=O) groups is 1. The summed E-state index contributed by atoms with van der Waals surface area (Å²) in [6.07, 6.45) is 6.46. The molecule has 0 bridgehead atoms. The molecule has 0 unspecified atom stereocenters. The highest BCUT2D eigenvalue weighted by molar-refractivity contribution is 5.75. The van der Waals surface area contributed by atoms with Gasteiger partial charge in [0.05, 0.1) is 12.2 Å². The van der Waals surface area contributed by atoms with Crippen LogP contribution >= 0.6 is 0 Å². The maximum atomic E-state index is 13.2. The molecule has 0 spiro atoms. The van der Waals surface area contributed by atoms with Gasteiger partial charge in [0, 0.05) is 25.7 Å². The summed E-state index contributed by atoms with van der Waals surface area (Å²) in [5, 5.41) is 7.23. The van der Waals surface area contributed by atoms with Crippen LogP contribution < -0.4 is 5.32 Å². The zero-order valence-electron chi connectivity index (χ0n) is 14.6. The largest absolute Gasteiger partial charge is 0.354 e. The van der Waals surface area contributed by atoms with Gasteiger partial charge >= 0.3 is 0 Å². The Labute approximate surface area is 147 Å². The van der Waals surface area contributed by atoms with Crippen LogP contribution in [0.2, 0.25) is 0 Å². The first kappa shape index (κ1) is 17.6. The molecule has 1 N–H and O–H groups in total. The van der Waals surface area contributed by atoms with E-state index in [1.807, 2.05) is 25.3 Å². The smallest absolute Gasteiger partial charge is 0.221 e. The predicted octanol–water partition coefficient (Wildman–Crippen LogP) is 2.67. The number of likely N-dealkylation sites (tertiary alicyclic amines) is 1. The summed E-state index contributed by atoms with van der Waals surface area (Å²) in [4.78, 5) is 14.6. The van der Waals surface area contributed by atoms with E-state index in [4.69, 9.17) is 0 Å².